The van der Waals surface area contributed by atoms with Gasteiger partial charge in [-0.1, -0.05) is 6.92 Å². The van der Waals surface area contributed by atoms with E-state index in [1.54, 1.807) is 13.8 Å². The Labute approximate surface area is 134 Å². The molecule has 8 nitrogen and oxygen atoms in total. The third-order valence-corrected chi connectivity index (χ3v) is 3.85. The maximum absolute atomic E-state index is 12.8. The summed E-state index contributed by atoms with van der Waals surface area (Å²) in [6, 6.07) is 3.41. The molecule has 0 aliphatic rings. The van der Waals surface area contributed by atoms with Crippen molar-refractivity contribution in [3.8, 4) is 0 Å². The van der Waals surface area contributed by atoms with E-state index in [-0.39, 0.29) is 10.9 Å². The maximum Gasteiger partial charge on any atom is 0.390 e. The molecule has 1 amide bonds. The molecule has 1 N–H and O–H groups in total. The van der Waals surface area contributed by atoms with Crippen LogP contribution in [-0.4, -0.2) is 26.8 Å². The van der Waals surface area contributed by atoms with E-state index < -0.39 is 16.9 Å². The Morgan fingerprint density at radius 3 is 2.91 bits per heavy atom. The zero-order valence-corrected chi connectivity index (χ0v) is 13.2. The minimum Gasteiger partial charge on any atom is -0.358 e. The number of carbonyl (C=O) groups excluding carboxylic acids is 1. The van der Waals surface area contributed by atoms with Gasteiger partial charge in [0.25, 0.3) is 5.91 Å². The van der Waals surface area contributed by atoms with Crippen molar-refractivity contribution in [2.24, 2.45) is 5.10 Å². The largest absolute Gasteiger partial charge is 0.390 e. The van der Waals surface area contributed by atoms with Crippen molar-refractivity contribution in [2.75, 3.05) is 0 Å². The number of hydrogen-bond donors (Lipinski definition) is 1. The number of nitrogens with one attached hydrogen (secondary N) is 1. The number of aromatic nitrogens is 2. The number of carbonyl (C=O) groups is 1. The summed E-state index contributed by atoms with van der Waals surface area (Å²) in [7, 11) is 0. The second kappa shape index (κ2) is 7.09. The first-order valence-corrected chi connectivity index (χ1v) is 7.52. The number of hydrazone groups is 1. The quantitative estimate of drug-likeness (QED) is 0.496. The van der Waals surface area contributed by atoms with E-state index in [2.05, 4.69) is 15.6 Å². The fourth-order valence-corrected chi connectivity index (χ4v) is 2.58. The van der Waals surface area contributed by atoms with Crippen molar-refractivity contribution in [2.45, 2.75) is 26.3 Å². The number of nitro groups is 1. The summed E-state index contributed by atoms with van der Waals surface area (Å²) in [5.41, 5.74) is 2.84. The Morgan fingerprint density at radius 2 is 2.39 bits per heavy atom. The first kappa shape index (κ1) is 16.7. The van der Waals surface area contributed by atoms with E-state index in [1.807, 2.05) is 0 Å². The number of nitrogens with zero attached hydrogens (tertiary/aromatic N) is 4. The highest BCUT2D eigenvalue weighted by Crippen LogP contribution is 2.19. The SMILES string of the molecule is CC[C@H](C(=O)N/N=C\c1ccc(F)s1)n1nc([N+](=O)[O-])cc1C. The molecule has 0 saturated heterocycles. The van der Waals surface area contributed by atoms with E-state index in [0.29, 0.717) is 17.0 Å². The van der Waals surface area contributed by atoms with Crippen LogP contribution in [0, 0.1) is 22.2 Å². The monoisotopic (exact) mass is 339 g/mol. The number of rotatable bonds is 6. The van der Waals surface area contributed by atoms with Crippen LogP contribution in [0.15, 0.2) is 23.3 Å². The van der Waals surface area contributed by atoms with E-state index in [4.69, 9.17) is 0 Å². The maximum atomic E-state index is 12.8. The highest BCUT2D eigenvalue weighted by atomic mass is 32.1. The van der Waals surface area contributed by atoms with Gasteiger partial charge in [0.1, 0.15) is 0 Å². The van der Waals surface area contributed by atoms with Crippen molar-refractivity contribution >= 4 is 29.3 Å². The topological polar surface area (TPSA) is 102 Å². The minimum absolute atomic E-state index is 0.314. The fourth-order valence-electron chi connectivity index (χ4n) is 1.98. The Morgan fingerprint density at radius 1 is 1.65 bits per heavy atom. The Bertz CT molecular complexity index is 755. The molecule has 0 aromatic carbocycles. The average molecular weight is 339 g/mol. The lowest BCUT2D eigenvalue weighted by Gasteiger charge is -2.11. The van der Waals surface area contributed by atoms with E-state index in [0.717, 1.165) is 11.3 Å². The fraction of sp³-hybridized carbons (Fsp3) is 0.308. The molecule has 1 atom stereocenters. The molecule has 0 radical (unpaired) electrons. The average Bonchev–Trinajstić information content (AvgIpc) is 3.07. The molecule has 2 rings (SSSR count). The van der Waals surface area contributed by atoms with Crippen molar-refractivity contribution in [3.63, 3.8) is 0 Å². The molecule has 0 bridgehead atoms. The molecule has 23 heavy (non-hydrogen) atoms. The van der Waals surface area contributed by atoms with Gasteiger partial charge in [-0.25, -0.2) is 5.43 Å². The Balaban J connectivity index is 2.09. The summed E-state index contributed by atoms with van der Waals surface area (Å²) in [5, 5.41) is 18.0. The highest BCUT2D eigenvalue weighted by Gasteiger charge is 2.26. The second-order valence-corrected chi connectivity index (χ2v) is 5.71. The predicted octanol–water partition coefficient (Wildman–Crippen LogP) is 2.40. The molecule has 10 heteroatoms. The molecule has 0 aliphatic carbocycles. The molecule has 0 spiro atoms. The molecule has 0 unspecified atom stereocenters. The van der Waals surface area contributed by atoms with Gasteiger partial charge in [0, 0.05) is 0 Å². The minimum atomic E-state index is -0.721. The van der Waals surface area contributed by atoms with Gasteiger partial charge in [0.15, 0.2) is 11.2 Å². The van der Waals surface area contributed by atoms with Crippen LogP contribution in [0.25, 0.3) is 0 Å². The number of halogens is 1. The summed E-state index contributed by atoms with van der Waals surface area (Å²) < 4.78 is 14.1. The van der Waals surface area contributed by atoms with Crippen LogP contribution >= 0.6 is 11.3 Å². The van der Waals surface area contributed by atoms with E-state index in [1.165, 1.54) is 29.1 Å². The molecule has 2 aromatic heterocycles. The van der Waals surface area contributed by atoms with E-state index in [9.17, 15) is 19.3 Å². The van der Waals surface area contributed by atoms with Gasteiger partial charge in [0.05, 0.1) is 28.0 Å². The Kier molecular flexibility index (Phi) is 5.16. The third kappa shape index (κ3) is 3.97. The van der Waals surface area contributed by atoms with Gasteiger partial charge >= 0.3 is 5.82 Å². The third-order valence-electron chi connectivity index (χ3n) is 3.04. The number of aryl methyl sites for hydroxylation is 1. The normalized spacial score (nSPS) is 12.5. The van der Waals surface area contributed by atoms with Crippen molar-refractivity contribution in [3.05, 3.63) is 44.0 Å². The first-order valence-electron chi connectivity index (χ1n) is 6.71. The smallest absolute Gasteiger partial charge is 0.358 e. The van der Waals surface area contributed by atoms with Crippen molar-refractivity contribution in [1.82, 2.24) is 15.2 Å². The van der Waals surface area contributed by atoms with Crippen molar-refractivity contribution < 1.29 is 14.1 Å². The molecule has 0 fully saturated rings. The molecule has 2 aromatic rings. The molecule has 0 saturated carbocycles. The predicted molar refractivity (Wildman–Crippen MR) is 83.0 cm³/mol. The lowest BCUT2D eigenvalue weighted by Crippen LogP contribution is -2.30. The molecule has 2 heterocycles. The summed E-state index contributed by atoms with van der Waals surface area (Å²) in [4.78, 5) is 22.9. The van der Waals surface area contributed by atoms with E-state index >= 15 is 0 Å². The summed E-state index contributed by atoms with van der Waals surface area (Å²) >= 11 is 0.899. The summed E-state index contributed by atoms with van der Waals surface area (Å²) in [5.74, 6) is -0.770. The lowest BCUT2D eigenvalue weighted by molar-refractivity contribution is -0.389. The van der Waals surface area contributed by atoms with Crippen LogP contribution in [0.1, 0.15) is 30.0 Å². The lowest BCUT2D eigenvalue weighted by atomic mass is 10.2. The summed E-state index contributed by atoms with van der Waals surface area (Å²) in [6.45, 7) is 3.39. The van der Waals surface area contributed by atoms with Gasteiger partial charge < -0.3 is 10.1 Å². The van der Waals surface area contributed by atoms with Crippen LogP contribution in [0.5, 0.6) is 0 Å². The van der Waals surface area contributed by atoms with Gasteiger partial charge in [-0.05, 0) is 30.4 Å². The standard InChI is InChI=1S/C13H14FN5O3S/c1-3-10(18-8(2)6-12(17-18)19(21)22)13(20)16-15-7-9-4-5-11(14)23-9/h4-7,10H,3H2,1-2H3,(H,16,20)/b15-7-/t10-/m1/s1. The second-order valence-electron chi connectivity index (χ2n) is 4.65. The molecular formula is C13H14FN5O3S. The summed E-state index contributed by atoms with van der Waals surface area (Å²) in [6.07, 6.45) is 1.71. The molecule has 122 valence electrons. The molecular weight excluding hydrogens is 325 g/mol. The molecule has 0 aliphatic heterocycles. The van der Waals surface area contributed by atoms with Crippen LogP contribution in [-0.2, 0) is 4.79 Å². The number of hydrogen-bond acceptors (Lipinski definition) is 6. The van der Waals surface area contributed by atoms with Gasteiger partial charge in [-0.2, -0.15) is 14.2 Å². The van der Waals surface area contributed by atoms with Gasteiger partial charge in [-0.3, -0.25) is 4.79 Å². The van der Waals surface area contributed by atoms with Crippen LogP contribution in [0.4, 0.5) is 10.2 Å². The van der Waals surface area contributed by atoms with Crippen LogP contribution < -0.4 is 5.43 Å². The Hall–Kier alpha value is -2.62. The van der Waals surface area contributed by atoms with Crippen molar-refractivity contribution in [1.29, 1.82) is 0 Å². The van der Waals surface area contributed by atoms with Gasteiger partial charge in [-0.15, -0.1) is 11.3 Å². The number of thiophene rings is 1. The highest BCUT2D eigenvalue weighted by molar-refractivity contribution is 7.12. The van der Waals surface area contributed by atoms with Crippen LogP contribution in [0.3, 0.4) is 0 Å². The zero-order chi connectivity index (χ0) is 17.0. The number of amides is 1. The van der Waals surface area contributed by atoms with Gasteiger partial charge in [0.2, 0.25) is 0 Å². The first-order chi connectivity index (χ1) is 10.9. The van der Waals surface area contributed by atoms with Crippen LogP contribution in [0.2, 0.25) is 0 Å². The zero-order valence-electron chi connectivity index (χ0n) is 12.4.